The van der Waals surface area contributed by atoms with E-state index < -0.39 is 0 Å². The Labute approximate surface area is 95.8 Å². The van der Waals surface area contributed by atoms with E-state index in [0.717, 1.165) is 6.42 Å². The van der Waals surface area contributed by atoms with Gasteiger partial charge in [-0.2, -0.15) is 0 Å². The summed E-state index contributed by atoms with van der Waals surface area (Å²) in [6.07, 6.45) is 3.45. The molecule has 1 aliphatic carbocycles. The van der Waals surface area contributed by atoms with Gasteiger partial charge < -0.3 is 11.3 Å². The summed E-state index contributed by atoms with van der Waals surface area (Å²) >= 11 is 5.92. The van der Waals surface area contributed by atoms with Gasteiger partial charge in [0.1, 0.15) is 5.75 Å². The second-order valence-electron chi connectivity index (χ2n) is 4.70. The molecule has 2 rings (SSSR count). The van der Waals surface area contributed by atoms with Crippen LogP contribution in [0.1, 0.15) is 37.8 Å². The molecule has 3 heteroatoms. The lowest BCUT2D eigenvalue weighted by molar-refractivity contribution is 0.426. The molecule has 0 fully saturated rings. The highest BCUT2D eigenvalue weighted by Gasteiger charge is 2.28. The van der Waals surface area contributed by atoms with Crippen LogP contribution in [0.5, 0.6) is 5.75 Å². The van der Waals surface area contributed by atoms with Crippen molar-refractivity contribution in [2.45, 2.75) is 38.5 Å². The molecule has 0 aliphatic heterocycles. The van der Waals surface area contributed by atoms with Gasteiger partial charge in [0.2, 0.25) is 0 Å². The van der Waals surface area contributed by atoms with Gasteiger partial charge in [-0.3, -0.25) is 0 Å². The average molecular weight is 228 g/mol. The van der Waals surface area contributed by atoms with Gasteiger partial charge in [0.25, 0.3) is 0 Å². The first-order valence-electron chi connectivity index (χ1n) is 5.02. The number of phenolic OH excluding ortho intramolecular Hbond substituents is 1. The van der Waals surface area contributed by atoms with Crippen molar-refractivity contribution in [2.75, 3.05) is 0 Å². The maximum absolute atomic E-state index is 9.51. The number of fused-ring (bicyclic) bond motifs is 1. The van der Waals surface area contributed by atoms with E-state index in [-0.39, 0.29) is 17.3 Å². The van der Waals surface area contributed by atoms with Crippen molar-refractivity contribution >= 4 is 11.6 Å². The minimum Gasteiger partial charge on any atom is -0.506 e. The van der Waals surface area contributed by atoms with Crippen molar-refractivity contribution in [1.29, 1.82) is 0 Å². The summed E-state index contributed by atoms with van der Waals surface area (Å²) in [6, 6.07) is 3.74. The Kier molecular flexibility index (Phi) is 3.31. The highest BCUT2D eigenvalue weighted by molar-refractivity contribution is 6.32. The maximum atomic E-state index is 9.51. The van der Waals surface area contributed by atoms with E-state index in [1.54, 1.807) is 0 Å². The number of hydrogen-bond acceptors (Lipinski definition) is 2. The Balaban J connectivity index is 0.00000112. The standard InChI is InChI=1S/C12H15ClO.H3N/c1-12(2)5-3-4-8-6-11(14)10(13)7-9(8)12;/h6-7,14H,3-5H2,1-2H3;1H3. The van der Waals surface area contributed by atoms with Crippen molar-refractivity contribution < 1.29 is 5.11 Å². The summed E-state index contributed by atoms with van der Waals surface area (Å²) in [5.41, 5.74) is 2.75. The van der Waals surface area contributed by atoms with E-state index in [9.17, 15) is 5.11 Å². The first kappa shape index (κ1) is 12.3. The van der Waals surface area contributed by atoms with Gasteiger partial charge in [-0.1, -0.05) is 25.4 Å². The van der Waals surface area contributed by atoms with Crippen LogP contribution in [0.4, 0.5) is 0 Å². The Morgan fingerprint density at radius 3 is 2.67 bits per heavy atom. The first-order chi connectivity index (χ1) is 6.50. The van der Waals surface area contributed by atoms with Crippen LogP contribution in [0.2, 0.25) is 5.02 Å². The first-order valence-corrected chi connectivity index (χ1v) is 5.40. The molecule has 0 spiro atoms. The van der Waals surface area contributed by atoms with Gasteiger partial charge >= 0.3 is 0 Å². The molecule has 84 valence electrons. The SMILES string of the molecule is CC1(C)CCCc2cc(O)c(Cl)cc21.N. The number of aromatic hydroxyl groups is 1. The molecule has 0 heterocycles. The van der Waals surface area contributed by atoms with E-state index in [4.69, 9.17) is 11.6 Å². The smallest absolute Gasteiger partial charge is 0.134 e. The number of rotatable bonds is 0. The highest BCUT2D eigenvalue weighted by atomic mass is 35.5. The molecule has 0 aromatic heterocycles. The van der Waals surface area contributed by atoms with E-state index >= 15 is 0 Å². The van der Waals surface area contributed by atoms with Gasteiger partial charge in [0, 0.05) is 0 Å². The number of hydrogen-bond donors (Lipinski definition) is 2. The Bertz CT molecular complexity index is 374. The van der Waals surface area contributed by atoms with Crippen LogP contribution in [-0.2, 0) is 11.8 Å². The lowest BCUT2D eigenvalue weighted by Gasteiger charge is -2.32. The number of phenols is 1. The average Bonchev–Trinajstić information content (AvgIpc) is 2.08. The van der Waals surface area contributed by atoms with Crippen LogP contribution in [0.15, 0.2) is 12.1 Å². The van der Waals surface area contributed by atoms with Crippen LogP contribution >= 0.6 is 11.6 Å². The molecule has 0 saturated carbocycles. The molecular weight excluding hydrogens is 210 g/mol. The van der Waals surface area contributed by atoms with Gasteiger partial charge in [-0.25, -0.2) is 0 Å². The fourth-order valence-electron chi connectivity index (χ4n) is 2.30. The molecule has 1 aromatic rings. The fraction of sp³-hybridized carbons (Fsp3) is 0.500. The molecule has 1 aromatic carbocycles. The molecule has 2 nitrogen and oxygen atoms in total. The summed E-state index contributed by atoms with van der Waals surface area (Å²) in [5.74, 6) is 0.211. The van der Waals surface area contributed by atoms with E-state index in [2.05, 4.69) is 13.8 Å². The van der Waals surface area contributed by atoms with Crippen molar-refractivity contribution in [2.24, 2.45) is 0 Å². The highest BCUT2D eigenvalue weighted by Crippen LogP contribution is 2.40. The lowest BCUT2D eigenvalue weighted by Crippen LogP contribution is -2.23. The fourth-order valence-corrected chi connectivity index (χ4v) is 2.46. The predicted molar refractivity (Wildman–Crippen MR) is 64.1 cm³/mol. The summed E-state index contributed by atoms with van der Waals surface area (Å²) in [6.45, 7) is 4.47. The van der Waals surface area contributed by atoms with Crippen molar-refractivity contribution in [1.82, 2.24) is 6.15 Å². The number of benzene rings is 1. The van der Waals surface area contributed by atoms with E-state index in [1.165, 1.54) is 24.0 Å². The lowest BCUT2D eigenvalue weighted by atomic mass is 9.73. The third kappa shape index (κ3) is 2.11. The van der Waals surface area contributed by atoms with Crippen LogP contribution < -0.4 is 6.15 Å². The minimum absolute atomic E-state index is 0. The molecule has 1 aliphatic rings. The molecule has 0 amide bonds. The Hall–Kier alpha value is -0.730. The predicted octanol–water partition coefficient (Wildman–Crippen LogP) is 3.82. The maximum Gasteiger partial charge on any atom is 0.134 e. The second-order valence-corrected chi connectivity index (χ2v) is 5.11. The summed E-state index contributed by atoms with van der Waals surface area (Å²) in [4.78, 5) is 0. The summed E-state index contributed by atoms with van der Waals surface area (Å²) in [7, 11) is 0. The normalized spacial score (nSPS) is 17.8. The molecule has 0 bridgehead atoms. The van der Waals surface area contributed by atoms with E-state index in [0.29, 0.717) is 5.02 Å². The van der Waals surface area contributed by atoms with E-state index in [1.807, 2.05) is 12.1 Å². The number of halogens is 1. The zero-order valence-corrected chi connectivity index (χ0v) is 10.1. The van der Waals surface area contributed by atoms with Gasteiger partial charge in [-0.05, 0) is 47.9 Å². The second kappa shape index (κ2) is 4.03. The third-order valence-corrected chi connectivity index (χ3v) is 3.45. The summed E-state index contributed by atoms with van der Waals surface area (Å²) in [5, 5.41) is 9.98. The molecule has 4 N–H and O–H groups in total. The van der Waals surface area contributed by atoms with Gasteiger partial charge in [0.05, 0.1) is 5.02 Å². The Morgan fingerprint density at radius 2 is 2.00 bits per heavy atom. The van der Waals surface area contributed by atoms with Gasteiger partial charge in [0.15, 0.2) is 0 Å². The monoisotopic (exact) mass is 227 g/mol. The van der Waals surface area contributed by atoms with Crippen LogP contribution in [0.25, 0.3) is 0 Å². The van der Waals surface area contributed by atoms with Crippen molar-refractivity contribution in [3.8, 4) is 5.75 Å². The molecule has 0 unspecified atom stereocenters. The van der Waals surface area contributed by atoms with Crippen molar-refractivity contribution in [3.05, 3.63) is 28.3 Å². The molecule has 0 atom stereocenters. The van der Waals surface area contributed by atoms with Crippen molar-refractivity contribution in [3.63, 3.8) is 0 Å². The van der Waals surface area contributed by atoms with Gasteiger partial charge in [-0.15, -0.1) is 0 Å². The van der Waals surface area contributed by atoms with Crippen LogP contribution in [-0.4, -0.2) is 5.11 Å². The van der Waals surface area contributed by atoms with Crippen LogP contribution in [0.3, 0.4) is 0 Å². The van der Waals surface area contributed by atoms with Crippen LogP contribution in [0, 0.1) is 0 Å². The zero-order chi connectivity index (χ0) is 10.3. The molecule has 0 saturated heterocycles. The molecule has 0 radical (unpaired) electrons. The zero-order valence-electron chi connectivity index (χ0n) is 9.31. The third-order valence-electron chi connectivity index (χ3n) is 3.15. The Morgan fingerprint density at radius 1 is 1.33 bits per heavy atom. The number of aryl methyl sites for hydroxylation is 1. The largest absolute Gasteiger partial charge is 0.506 e. The molecular formula is C12H18ClNO. The topological polar surface area (TPSA) is 55.2 Å². The quantitative estimate of drug-likeness (QED) is 0.708. The summed E-state index contributed by atoms with van der Waals surface area (Å²) < 4.78 is 0. The molecule has 15 heavy (non-hydrogen) atoms. The minimum atomic E-state index is 0.